The molecule has 3 heterocycles. The molecule has 37 heavy (non-hydrogen) atoms. The summed E-state index contributed by atoms with van der Waals surface area (Å²) < 4.78 is 40.1. The molecule has 0 spiro atoms. The summed E-state index contributed by atoms with van der Waals surface area (Å²) in [7, 11) is 0. The number of anilines is 2. The molecule has 1 saturated heterocycles. The van der Waals surface area contributed by atoms with Gasteiger partial charge in [0.1, 0.15) is 17.4 Å². The fraction of sp³-hybridized carbons (Fsp3) is 0.250. The van der Waals surface area contributed by atoms with E-state index in [-0.39, 0.29) is 18.7 Å². The van der Waals surface area contributed by atoms with Gasteiger partial charge in [0.2, 0.25) is 11.9 Å². The molecule has 1 aliphatic heterocycles. The first kappa shape index (κ1) is 25.8. The van der Waals surface area contributed by atoms with E-state index in [0.717, 1.165) is 11.1 Å². The number of nitrogens with zero attached hydrogens (tertiary/aromatic N) is 6. The van der Waals surface area contributed by atoms with Gasteiger partial charge in [-0.2, -0.15) is 18.3 Å². The lowest BCUT2D eigenvalue weighted by atomic mass is 10.1. The molecular weight excluding hydrogens is 511 g/mol. The number of halogens is 4. The number of hydrogen-bond acceptors (Lipinski definition) is 7. The van der Waals surface area contributed by atoms with Crippen molar-refractivity contribution in [2.24, 2.45) is 0 Å². The lowest BCUT2D eigenvalue weighted by molar-refractivity contribution is -0.141. The van der Waals surface area contributed by atoms with E-state index in [1.165, 1.54) is 18.0 Å². The monoisotopic (exact) mass is 529 g/mol. The van der Waals surface area contributed by atoms with Crippen molar-refractivity contribution in [1.29, 1.82) is 0 Å². The molecule has 13 heteroatoms. The van der Waals surface area contributed by atoms with E-state index >= 15 is 0 Å². The summed E-state index contributed by atoms with van der Waals surface area (Å²) in [5.41, 5.74) is 2.72. The van der Waals surface area contributed by atoms with Gasteiger partial charge >= 0.3 is 6.18 Å². The molecule has 0 saturated carbocycles. The second kappa shape index (κ2) is 10.4. The van der Waals surface area contributed by atoms with Crippen LogP contribution < -0.4 is 15.3 Å². The van der Waals surface area contributed by atoms with Crippen LogP contribution in [0.1, 0.15) is 29.1 Å². The smallest absolute Gasteiger partial charge is 0.299 e. The highest BCUT2D eigenvalue weighted by Gasteiger charge is 2.41. The standard InChI is InChI=1S/C24H19ClF3N7O2/c1-14-11-17(7-8-18(14)25)34(10-4-6-16-5-3-9-29-32-16)22(37)19-13-21(36)33-35(19)23-30-15(2)12-20(31-23)24(26,27)28/h3,5,7-9,11-12,19H,10,13H2,1-2H3,(H,33,36). The van der Waals surface area contributed by atoms with Crippen molar-refractivity contribution in [2.75, 3.05) is 16.5 Å². The highest BCUT2D eigenvalue weighted by molar-refractivity contribution is 6.31. The normalized spacial score (nSPS) is 15.1. The van der Waals surface area contributed by atoms with Crippen molar-refractivity contribution in [3.8, 4) is 11.8 Å². The van der Waals surface area contributed by atoms with Crippen LogP contribution in [-0.2, 0) is 15.8 Å². The molecule has 1 aromatic carbocycles. The molecule has 2 amide bonds. The Balaban J connectivity index is 1.71. The number of aromatic nitrogens is 4. The van der Waals surface area contributed by atoms with Gasteiger partial charge in [-0.15, -0.1) is 5.10 Å². The molecule has 0 bridgehead atoms. The minimum atomic E-state index is -4.74. The van der Waals surface area contributed by atoms with E-state index in [2.05, 4.69) is 37.4 Å². The van der Waals surface area contributed by atoms with Crippen molar-refractivity contribution in [3.05, 3.63) is 70.3 Å². The van der Waals surface area contributed by atoms with Gasteiger partial charge in [0, 0.05) is 22.6 Å². The van der Waals surface area contributed by atoms with E-state index in [1.807, 2.05) is 0 Å². The topological polar surface area (TPSA) is 104 Å². The fourth-order valence-corrected chi connectivity index (χ4v) is 3.69. The number of hydrogen-bond donors (Lipinski definition) is 1. The molecule has 1 unspecified atom stereocenters. The van der Waals surface area contributed by atoms with Crippen LogP contribution in [0.3, 0.4) is 0 Å². The first-order valence-electron chi connectivity index (χ1n) is 10.9. The summed E-state index contributed by atoms with van der Waals surface area (Å²) in [5.74, 6) is 4.04. The zero-order valence-corrected chi connectivity index (χ0v) is 20.3. The SMILES string of the molecule is Cc1cc(C(F)(F)F)nc(N2NC(=O)CC2C(=O)N(CC#Cc2cccnn2)c2ccc(Cl)c(C)c2)n1. The molecule has 0 radical (unpaired) electrons. The van der Waals surface area contributed by atoms with Gasteiger partial charge in [0.15, 0.2) is 0 Å². The molecule has 190 valence electrons. The Morgan fingerprint density at radius 1 is 1.24 bits per heavy atom. The molecule has 1 atom stereocenters. The van der Waals surface area contributed by atoms with Crippen molar-refractivity contribution in [1.82, 2.24) is 25.6 Å². The maximum absolute atomic E-state index is 13.8. The first-order chi connectivity index (χ1) is 17.5. The van der Waals surface area contributed by atoms with Gasteiger partial charge in [-0.05, 0) is 61.7 Å². The van der Waals surface area contributed by atoms with Gasteiger partial charge in [-0.25, -0.2) is 15.0 Å². The molecule has 1 aliphatic rings. The Bertz CT molecular complexity index is 1410. The quantitative estimate of drug-likeness (QED) is 0.517. The van der Waals surface area contributed by atoms with Crippen LogP contribution in [0.15, 0.2) is 42.6 Å². The molecule has 0 aliphatic carbocycles. The minimum Gasteiger partial charge on any atom is -0.299 e. The van der Waals surface area contributed by atoms with Crippen molar-refractivity contribution in [2.45, 2.75) is 32.5 Å². The Kier molecular flexibility index (Phi) is 7.26. The predicted octanol–water partition coefficient (Wildman–Crippen LogP) is 3.25. The van der Waals surface area contributed by atoms with Gasteiger partial charge in [-0.3, -0.25) is 19.9 Å². The minimum absolute atomic E-state index is 0.0182. The number of aryl methyl sites for hydroxylation is 2. The Labute approximate surface area is 214 Å². The Hall–Kier alpha value is -4.24. The van der Waals surface area contributed by atoms with Crippen LogP contribution in [0.5, 0.6) is 0 Å². The van der Waals surface area contributed by atoms with Crippen LogP contribution >= 0.6 is 11.6 Å². The second-order valence-electron chi connectivity index (χ2n) is 8.09. The summed E-state index contributed by atoms with van der Waals surface area (Å²) in [6.07, 6.45) is -3.57. The molecule has 1 N–H and O–H groups in total. The maximum Gasteiger partial charge on any atom is 0.433 e. The largest absolute Gasteiger partial charge is 0.433 e. The third-order valence-electron chi connectivity index (χ3n) is 5.31. The van der Waals surface area contributed by atoms with Crippen molar-refractivity contribution >= 4 is 35.1 Å². The highest BCUT2D eigenvalue weighted by Crippen LogP contribution is 2.31. The summed E-state index contributed by atoms with van der Waals surface area (Å²) in [6, 6.07) is 7.74. The number of hydrazine groups is 1. The third-order valence-corrected chi connectivity index (χ3v) is 5.74. The summed E-state index contributed by atoms with van der Waals surface area (Å²) in [5, 5.41) is 9.07. The third kappa shape index (κ3) is 5.95. The summed E-state index contributed by atoms with van der Waals surface area (Å²) in [6.45, 7) is 3.00. The number of carbonyl (C=O) groups excluding carboxylic acids is 2. The van der Waals surface area contributed by atoms with Gasteiger partial charge < -0.3 is 0 Å². The number of nitrogens with one attached hydrogen (secondary N) is 1. The Morgan fingerprint density at radius 3 is 2.70 bits per heavy atom. The maximum atomic E-state index is 13.8. The van der Waals surface area contributed by atoms with Crippen molar-refractivity contribution in [3.63, 3.8) is 0 Å². The molecule has 4 rings (SSSR count). The highest BCUT2D eigenvalue weighted by atomic mass is 35.5. The second-order valence-corrected chi connectivity index (χ2v) is 8.49. The zero-order chi connectivity index (χ0) is 26.7. The number of rotatable bonds is 4. The van der Waals surface area contributed by atoms with Crippen molar-refractivity contribution < 1.29 is 22.8 Å². The summed E-state index contributed by atoms with van der Waals surface area (Å²) >= 11 is 6.15. The van der Waals surface area contributed by atoms with Gasteiger partial charge in [-0.1, -0.05) is 17.5 Å². The Morgan fingerprint density at radius 2 is 2.03 bits per heavy atom. The van der Waals surface area contributed by atoms with E-state index in [4.69, 9.17) is 11.6 Å². The lowest BCUT2D eigenvalue weighted by Gasteiger charge is -2.29. The average Bonchev–Trinajstić information content (AvgIpc) is 3.25. The number of alkyl halides is 3. The average molecular weight is 530 g/mol. The van der Waals surface area contributed by atoms with Crippen LogP contribution in [0.25, 0.3) is 0 Å². The van der Waals surface area contributed by atoms with Crippen LogP contribution in [0.4, 0.5) is 24.8 Å². The fourth-order valence-electron chi connectivity index (χ4n) is 3.57. The summed E-state index contributed by atoms with van der Waals surface area (Å²) in [4.78, 5) is 35.0. The van der Waals surface area contributed by atoms with Crippen LogP contribution in [0.2, 0.25) is 5.02 Å². The van der Waals surface area contributed by atoms with Crippen LogP contribution in [0, 0.1) is 25.7 Å². The van der Waals surface area contributed by atoms with Crippen LogP contribution in [-0.4, -0.2) is 44.6 Å². The van der Waals surface area contributed by atoms with E-state index in [9.17, 15) is 22.8 Å². The predicted molar refractivity (Wildman–Crippen MR) is 128 cm³/mol. The van der Waals surface area contributed by atoms with Gasteiger partial charge in [0.25, 0.3) is 5.91 Å². The number of amides is 2. The van der Waals surface area contributed by atoms with E-state index in [0.29, 0.717) is 22.0 Å². The zero-order valence-electron chi connectivity index (χ0n) is 19.5. The first-order valence-corrected chi connectivity index (χ1v) is 11.3. The van der Waals surface area contributed by atoms with E-state index in [1.54, 1.807) is 37.3 Å². The molecule has 2 aromatic heterocycles. The molecule has 3 aromatic rings. The number of carbonyl (C=O) groups is 2. The van der Waals surface area contributed by atoms with E-state index < -0.39 is 35.7 Å². The molecule has 1 fully saturated rings. The molecular formula is C24H19ClF3N7O2. The van der Waals surface area contributed by atoms with Gasteiger partial charge in [0.05, 0.1) is 13.0 Å². The number of benzene rings is 1. The lowest BCUT2D eigenvalue weighted by Crippen LogP contribution is -2.50. The molecule has 9 nitrogen and oxygen atoms in total.